The third-order valence-electron chi connectivity index (χ3n) is 14.1. The third kappa shape index (κ3) is 9.95. The van der Waals surface area contributed by atoms with E-state index in [2.05, 4.69) is 94.8 Å². The largest absolute Gasteiger partial charge is 0.453 e. The van der Waals surface area contributed by atoms with Gasteiger partial charge in [0.2, 0.25) is 11.8 Å². The molecular formula is C50H65N9O10. The maximum absolute atomic E-state index is 14.0. The number of hydrogen-bond acceptors (Lipinski definition) is 13. The van der Waals surface area contributed by atoms with Crippen LogP contribution in [-0.4, -0.2) is 142 Å². The molecule has 3 fully saturated rings. The Morgan fingerprint density at radius 2 is 1.07 bits per heavy atom. The van der Waals surface area contributed by atoms with E-state index in [0.29, 0.717) is 11.6 Å². The summed E-state index contributed by atoms with van der Waals surface area (Å²) in [4.78, 5) is 75.0. The average molecular weight is 952 g/mol. The lowest BCUT2D eigenvalue weighted by Crippen LogP contribution is -2.54. The zero-order valence-electron chi connectivity index (χ0n) is 40.7. The van der Waals surface area contributed by atoms with Crippen LogP contribution in [0, 0.1) is 0 Å². The quantitative estimate of drug-likeness (QED) is 0.0844. The minimum absolute atomic E-state index is 0.0412. The first kappa shape index (κ1) is 49.2. The number of aromatic amines is 2. The zero-order chi connectivity index (χ0) is 49.5. The normalized spacial score (nSPS) is 23.6. The molecule has 4 amide bonds. The Kier molecular flexibility index (Phi) is 14.2. The molecule has 3 saturated heterocycles. The predicted molar refractivity (Wildman–Crippen MR) is 256 cm³/mol. The molecule has 8 rings (SSSR count). The maximum atomic E-state index is 14.0. The van der Waals surface area contributed by atoms with Crippen LogP contribution in [0.4, 0.5) is 15.3 Å². The summed E-state index contributed by atoms with van der Waals surface area (Å²) in [5.41, 5.74) is 7.37. The fourth-order valence-corrected chi connectivity index (χ4v) is 10.2. The van der Waals surface area contributed by atoms with Gasteiger partial charge in [0.05, 0.1) is 84.9 Å². The van der Waals surface area contributed by atoms with Gasteiger partial charge in [-0.2, -0.15) is 0 Å². The Bertz CT molecular complexity index is 2510. The van der Waals surface area contributed by atoms with Crippen LogP contribution in [0.1, 0.15) is 113 Å². The highest BCUT2D eigenvalue weighted by atomic mass is 16.5. The molecule has 6 N–H and O–H groups in total. The number of hydrogen-bond donors (Lipinski definition) is 6. The van der Waals surface area contributed by atoms with Crippen LogP contribution in [0.25, 0.3) is 22.1 Å². The van der Waals surface area contributed by atoms with E-state index in [0.717, 1.165) is 51.7 Å². The second-order valence-corrected chi connectivity index (χ2v) is 19.5. The smallest absolute Gasteiger partial charge is 0.407 e. The van der Waals surface area contributed by atoms with Crippen LogP contribution in [0.2, 0.25) is 0 Å². The van der Waals surface area contributed by atoms with Crippen molar-refractivity contribution in [1.29, 1.82) is 0 Å². The number of ether oxygens (including phenoxy) is 4. The van der Waals surface area contributed by atoms with Gasteiger partial charge in [-0.3, -0.25) is 9.59 Å². The van der Waals surface area contributed by atoms with Crippen LogP contribution in [-0.2, 0) is 34.0 Å². The van der Waals surface area contributed by atoms with Gasteiger partial charge in [0.15, 0.2) is 0 Å². The van der Waals surface area contributed by atoms with Crippen molar-refractivity contribution in [3.8, 4) is 0 Å². The number of anilines is 1. The lowest BCUT2D eigenvalue weighted by Gasteiger charge is -2.34. The van der Waals surface area contributed by atoms with Crippen molar-refractivity contribution < 1.29 is 48.3 Å². The molecule has 0 saturated carbocycles. The highest BCUT2D eigenvalue weighted by Gasteiger charge is 2.44. The lowest BCUT2D eigenvalue weighted by molar-refractivity contribution is -0.138. The van der Waals surface area contributed by atoms with Gasteiger partial charge in [-0.25, -0.2) is 19.6 Å². The Balaban J connectivity index is 1.10. The van der Waals surface area contributed by atoms with E-state index in [9.17, 15) is 29.4 Å². The number of rotatable bonds is 13. The van der Waals surface area contributed by atoms with E-state index >= 15 is 0 Å². The van der Waals surface area contributed by atoms with Gasteiger partial charge in [-0.1, -0.05) is 45.0 Å². The predicted octanol–water partition coefficient (Wildman–Crippen LogP) is 5.61. The molecule has 2 aromatic heterocycles. The number of H-pyrrole nitrogens is 2. The number of alkyl carbamates (subject to hydrolysis) is 2. The maximum Gasteiger partial charge on any atom is 0.407 e. The number of carbonyl (C=O) groups excluding carboxylic acids is 4. The summed E-state index contributed by atoms with van der Waals surface area (Å²) >= 11 is 0. The molecule has 69 heavy (non-hydrogen) atoms. The summed E-state index contributed by atoms with van der Waals surface area (Å²) in [7, 11) is 5.37. The third-order valence-corrected chi connectivity index (χ3v) is 14.1. The number of methoxy groups -OCH3 is 4. The van der Waals surface area contributed by atoms with Crippen molar-refractivity contribution >= 4 is 51.8 Å². The highest BCUT2D eigenvalue weighted by Crippen LogP contribution is 2.48. The lowest BCUT2D eigenvalue weighted by atomic mass is 9.87. The number of carbonyl (C=O) groups is 4. The minimum atomic E-state index is -1.05. The minimum Gasteiger partial charge on any atom is -0.453 e. The van der Waals surface area contributed by atoms with E-state index < -0.39 is 72.6 Å². The average Bonchev–Trinajstić information content (AvgIpc) is 4.20. The van der Waals surface area contributed by atoms with E-state index in [1.807, 2.05) is 12.1 Å². The molecule has 3 aliphatic heterocycles. The summed E-state index contributed by atoms with van der Waals surface area (Å²) in [5.74, 6) is 0.219. The van der Waals surface area contributed by atoms with E-state index in [4.69, 9.17) is 28.9 Å². The van der Waals surface area contributed by atoms with Gasteiger partial charge in [-0.15, -0.1) is 0 Å². The SMILES string of the molecule is COC(=O)N[C@H](C(=O)N1C[C@@H](O)C[C@H]1c1nc2cc([C@H]3CC[C@H](c4ccc5[nH]c([C@@H]6C[C@H](O)CN6C(=O)[C@@H](NC(=O)OC)[C@@H](C)OC)nc5c4)N3c3ccc(C(C)(C)C)cc3)ccc2[nH]1)[C@@H](C)OC. The number of benzene rings is 3. The second kappa shape index (κ2) is 20.0. The molecule has 370 valence electrons. The Hall–Kier alpha value is -6.28. The molecule has 0 bridgehead atoms. The summed E-state index contributed by atoms with van der Waals surface area (Å²) in [6.07, 6.45) is -2.29. The summed E-state index contributed by atoms with van der Waals surface area (Å²) in [6, 6.07) is 17.8. The van der Waals surface area contributed by atoms with Crippen LogP contribution in [0.15, 0.2) is 60.7 Å². The number of nitrogens with one attached hydrogen (secondary N) is 4. The first-order valence-corrected chi connectivity index (χ1v) is 23.5. The number of fused-ring (bicyclic) bond motifs is 2. The van der Waals surface area contributed by atoms with Crippen molar-refractivity contribution in [2.75, 3.05) is 46.4 Å². The van der Waals surface area contributed by atoms with Crippen molar-refractivity contribution in [2.45, 2.75) is 126 Å². The Labute approximate surface area is 401 Å². The van der Waals surface area contributed by atoms with Gasteiger partial charge in [0.1, 0.15) is 23.7 Å². The van der Waals surface area contributed by atoms with Crippen molar-refractivity contribution in [1.82, 2.24) is 40.4 Å². The van der Waals surface area contributed by atoms with E-state index in [1.165, 1.54) is 34.0 Å². The first-order valence-electron chi connectivity index (χ1n) is 23.5. The van der Waals surface area contributed by atoms with E-state index in [1.54, 1.807) is 23.6 Å². The molecule has 5 heterocycles. The summed E-state index contributed by atoms with van der Waals surface area (Å²) in [5, 5.41) is 26.9. The number of amides is 4. The van der Waals surface area contributed by atoms with Crippen LogP contribution >= 0.6 is 0 Å². The van der Waals surface area contributed by atoms with Gasteiger partial charge in [-0.05, 0) is 85.2 Å². The van der Waals surface area contributed by atoms with Gasteiger partial charge < -0.3 is 64.5 Å². The van der Waals surface area contributed by atoms with Crippen molar-refractivity contribution in [3.05, 3.63) is 89.0 Å². The fraction of sp³-hybridized carbons (Fsp3) is 0.520. The van der Waals surface area contributed by atoms with Crippen molar-refractivity contribution in [2.24, 2.45) is 0 Å². The number of aliphatic hydroxyl groups is 2. The standard InChI is InChI=1S/C50H65N9O10/c1-26(66-6)42(55-48(64)68-8)46(62)57-24-32(60)22-40(57)44-51-34-16-10-28(20-36(34)53-44)38-18-19-39(59(38)31-14-12-30(13-15-31)50(3,4)5)29-11-17-35-37(21-29)54-45(52-35)41-23-33(61)25-58(41)47(63)43(27(2)67-7)56-49(65)69-9/h10-17,20-21,26-27,32-33,38-43,60-61H,18-19,22-25H2,1-9H3,(H,51,53)(H,52,54)(H,55,64)(H,56,65)/t26-,27-,32+,33+,38-,39-,40+,41+,42+,43+/m1/s1. The highest BCUT2D eigenvalue weighted by molar-refractivity contribution is 5.88. The topological polar surface area (TPSA) is 237 Å². The van der Waals surface area contributed by atoms with Gasteiger partial charge in [0, 0.05) is 45.8 Å². The number of nitrogens with zero attached hydrogens (tertiary/aromatic N) is 5. The molecule has 0 radical (unpaired) electrons. The molecule has 0 spiro atoms. The van der Waals surface area contributed by atoms with Crippen LogP contribution < -0.4 is 15.5 Å². The number of aliphatic hydroxyl groups excluding tert-OH is 2. The Morgan fingerprint density at radius 3 is 1.45 bits per heavy atom. The monoisotopic (exact) mass is 951 g/mol. The number of imidazole rings is 2. The fourth-order valence-electron chi connectivity index (χ4n) is 10.2. The van der Waals surface area contributed by atoms with Crippen molar-refractivity contribution in [3.63, 3.8) is 0 Å². The molecule has 19 nitrogen and oxygen atoms in total. The Morgan fingerprint density at radius 1 is 0.652 bits per heavy atom. The molecule has 5 aromatic rings. The molecule has 19 heteroatoms. The van der Waals surface area contributed by atoms with Gasteiger partial charge >= 0.3 is 12.2 Å². The van der Waals surface area contributed by atoms with Crippen LogP contribution in [0.5, 0.6) is 0 Å². The zero-order valence-corrected chi connectivity index (χ0v) is 40.7. The molecule has 0 unspecified atom stereocenters. The molecule has 3 aromatic carbocycles. The summed E-state index contributed by atoms with van der Waals surface area (Å²) in [6.45, 7) is 10.1. The molecule has 3 aliphatic rings. The molecule has 0 aliphatic carbocycles. The number of likely N-dealkylation sites (tertiary alicyclic amines) is 2. The number of β-amino-alcohol motifs (C(OH)–C–C–N with tert-alkyl or cyclic N) is 2. The van der Waals surface area contributed by atoms with Crippen LogP contribution in [0.3, 0.4) is 0 Å². The summed E-state index contributed by atoms with van der Waals surface area (Å²) < 4.78 is 20.5. The first-order chi connectivity index (χ1) is 32.9. The van der Waals surface area contributed by atoms with E-state index in [-0.39, 0.29) is 43.4 Å². The second-order valence-electron chi connectivity index (χ2n) is 19.5. The number of aromatic nitrogens is 4. The van der Waals surface area contributed by atoms with Gasteiger partial charge in [0.25, 0.3) is 0 Å². The molecule has 10 atom stereocenters. The molecular weight excluding hydrogens is 887 g/mol.